The highest BCUT2D eigenvalue weighted by molar-refractivity contribution is 4.79. The first-order valence-electron chi connectivity index (χ1n) is 5.63. The van der Waals surface area contributed by atoms with Crippen LogP contribution in [0.2, 0.25) is 0 Å². The minimum absolute atomic E-state index is 0.604. The third-order valence-electron chi connectivity index (χ3n) is 3.50. The molecule has 1 aliphatic carbocycles. The molecule has 0 amide bonds. The first-order chi connectivity index (χ1) is 6.77. The van der Waals surface area contributed by atoms with Gasteiger partial charge in [-0.1, -0.05) is 19.1 Å². The molecule has 0 atom stereocenters. The molecule has 1 aromatic rings. The Morgan fingerprint density at radius 3 is 2.43 bits per heavy atom. The van der Waals surface area contributed by atoms with Crippen LogP contribution in [-0.4, -0.2) is 15.0 Å². The second-order valence-electron chi connectivity index (χ2n) is 4.70. The zero-order valence-corrected chi connectivity index (χ0v) is 9.06. The number of hydrogen-bond acceptors (Lipinski definition) is 2. The lowest BCUT2D eigenvalue weighted by Gasteiger charge is -2.30. The van der Waals surface area contributed by atoms with Crippen LogP contribution < -0.4 is 0 Å². The Bertz CT molecular complexity index is 258. The second kappa shape index (κ2) is 4.11. The molecule has 0 aromatic carbocycles. The van der Waals surface area contributed by atoms with E-state index in [0.29, 0.717) is 6.04 Å². The van der Waals surface area contributed by atoms with Gasteiger partial charge in [0.05, 0.1) is 12.2 Å². The van der Waals surface area contributed by atoms with Crippen LogP contribution in [0.3, 0.4) is 0 Å². The maximum Gasteiger partial charge on any atom is 0.0693 e. The Morgan fingerprint density at radius 2 is 1.93 bits per heavy atom. The molecule has 1 saturated carbocycles. The van der Waals surface area contributed by atoms with Crippen molar-refractivity contribution in [1.29, 1.82) is 0 Å². The van der Waals surface area contributed by atoms with Crippen molar-refractivity contribution in [3.8, 4) is 0 Å². The molecule has 0 unspecified atom stereocenters. The van der Waals surface area contributed by atoms with E-state index in [1.54, 1.807) is 6.20 Å². The quantitative estimate of drug-likeness (QED) is 0.723. The summed E-state index contributed by atoms with van der Waals surface area (Å²) in [4.78, 5) is 0. The fourth-order valence-electron chi connectivity index (χ4n) is 2.44. The molecular formula is C11H19N3. The van der Waals surface area contributed by atoms with Gasteiger partial charge in [-0.25, -0.2) is 4.68 Å². The average Bonchev–Trinajstić information content (AvgIpc) is 2.71. The van der Waals surface area contributed by atoms with E-state index in [-0.39, 0.29) is 0 Å². The molecule has 0 N–H and O–H groups in total. The van der Waals surface area contributed by atoms with Gasteiger partial charge in [0.15, 0.2) is 0 Å². The zero-order chi connectivity index (χ0) is 9.97. The molecule has 1 aromatic heterocycles. The maximum absolute atomic E-state index is 4.08. The van der Waals surface area contributed by atoms with E-state index in [1.807, 2.05) is 10.9 Å². The van der Waals surface area contributed by atoms with Gasteiger partial charge >= 0.3 is 0 Å². The fourth-order valence-corrected chi connectivity index (χ4v) is 2.44. The summed E-state index contributed by atoms with van der Waals surface area (Å²) in [5.74, 6) is 1.77. The minimum Gasteiger partial charge on any atom is -0.250 e. The molecule has 0 saturated heterocycles. The topological polar surface area (TPSA) is 30.7 Å². The van der Waals surface area contributed by atoms with E-state index in [9.17, 15) is 0 Å². The Morgan fingerprint density at radius 1 is 1.21 bits per heavy atom. The van der Waals surface area contributed by atoms with Crippen LogP contribution in [0, 0.1) is 11.8 Å². The minimum atomic E-state index is 0.604. The van der Waals surface area contributed by atoms with Gasteiger partial charge in [0.25, 0.3) is 0 Å². The molecule has 78 valence electrons. The summed E-state index contributed by atoms with van der Waals surface area (Å²) in [7, 11) is 0. The van der Waals surface area contributed by atoms with Crippen molar-refractivity contribution in [3.63, 3.8) is 0 Å². The van der Waals surface area contributed by atoms with Crippen LogP contribution in [0.1, 0.15) is 45.6 Å². The van der Waals surface area contributed by atoms with Gasteiger partial charge < -0.3 is 0 Å². The monoisotopic (exact) mass is 193 g/mol. The Balaban J connectivity index is 1.90. The predicted molar refractivity (Wildman–Crippen MR) is 55.9 cm³/mol. The standard InChI is InChI=1S/C11H19N3/c1-9(2)10-3-5-11(6-4-10)14-8-7-12-13-14/h7-11H,3-6H2,1-2H3. The Labute approximate surface area is 85.5 Å². The van der Waals surface area contributed by atoms with E-state index in [2.05, 4.69) is 24.2 Å². The Hall–Kier alpha value is -0.860. The summed E-state index contributed by atoms with van der Waals surface area (Å²) in [6.07, 6.45) is 9.00. The van der Waals surface area contributed by atoms with Crippen molar-refractivity contribution in [2.24, 2.45) is 11.8 Å². The molecule has 1 aliphatic rings. The first kappa shape index (κ1) is 9.69. The highest BCUT2D eigenvalue weighted by atomic mass is 15.4. The van der Waals surface area contributed by atoms with E-state index < -0.39 is 0 Å². The van der Waals surface area contributed by atoms with Crippen molar-refractivity contribution in [2.45, 2.75) is 45.6 Å². The van der Waals surface area contributed by atoms with E-state index >= 15 is 0 Å². The summed E-state index contributed by atoms with van der Waals surface area (Å²) in [6, 6.07) is 0.604. The highest BCUT2D eigenvalue weighted by Crippen LogP contribution is 2.35. The molecule has 1 heterocycles. The molecule has 14 heavy (non-hydrogen) atoms. The molecular weight excluding hydrogens is 174 g/mol. The normalized spacial score (nSPS) is 28.2. The summed E-state index contributed by atoms with van der Waals surface area (Å²) in [5.41, 5.74) is 0. The van der Waals surface area contributed by atoms with Crippen LogP contribution in [0.5, 0.6) is 0 Å². The van der Waals surface area contributed by atoms with Gasteiger partial charge in [0.1, 0.15) is 0 Å². The smallest absolute Gasteiger partial charge is 0.0693 e. The predicted octanol–water partition coefficient (Wildman–Crippen LogP) is 2.67. The van der Waals surface area contributed by atoms with Crippen LogP contribution in [0.4, 0.5) is 0 Å². The van der Waals surface area contributed by atoms with Crippen molar-refractivity contribution in [3.05, 3.63) is 12.4 Å². The first-order valence-corrected chi connectivity index (χ1v) is 5.63. The van der Waals surface area contributed by atoms with Gasteiger partial charge in [0.2, 0.25) is 0 Å². The maximum atomic E-state index is 4.08. The number of hydrogen-bond donors (Lipinski definition) is 0. The van der Waals surface area contributed by atoms with Crippen molar-refractivity contribution < 1.29 is 0 Å². The summed E-state index contributed by atoms with van der Waals surface area (Å²) in [5, 5.41) is 7.94. The van der Waals surface area contributed by atoms with Crippen LogP contribution >= 0.6 is 0 Å². The van der Waals surface area contributed by atoms with Crippen LogP contribution in [-0.2, 0) is 0 Å². The van der Waals surface area contributed by atoms with Crippen molar-refractivity contribution >= 4 is 0 Å². The third kappa shape index (κ3) is 1.97. The lowest BCUT2D eigenvalue weighted by molar-refractivity contribution is 0.215. The second-order valence-corrected chi connectivity index (χ2v) is 4.70. The van der Waals surface area contributed by atoms with Crippen molar-refractivity contribution in [1.82, 2.24) is 15.0 Å². The van der Waals surface area contributed by atoms with Crippen molar-refractivity contribution in [2.75, 3.05) is 0 Å². The molecule has 1 fully saturated rings. The van der Waals surface area contributed by atoms with Gasteiger partial charge in [0, 0.05) is 6.20 Å². The summed E-state index contributed by atoms with van der Waals surface area (Å²) in [6.45, 7) is 4.67. The zero-order valence-electron chi connectivity index (χ0n) is 9.06. The average molecular weight is 193 g/mol. The molecule has 0 aliphatic heterocycles. The van der Waals surface area contributed by atoms with Gasteiger partial charge in [-0.2, -0.15) is 0 Å². The summed E-state index contributed by atoms with van der Waals surface area (Å²) < 4.78 is 2.02. The molecule has 3 nitrogen and oxygen atoms in total. The lowest BCUT2D eigenvalue weighted by Crippen LogP contribution is -2.21. The van der Waals surface area contributed by atoms with E-state index in [0.717, 1.165) is 11.8 Å². The van der Waals surface area contributed by atoms with E-state index in [4.69, 9.17) is 0 Å². The molecule has 3 heteroatoms. The Kier molecular flexibility index (Phi) is 2.85. The SMILES string of the molecule is CC(C)C1CCC(n2ccnn2)CC1. The summed E-state index contributed by atoms with van der Waals surface area (Å²) >= 11 is 0. The fraction of sp³-hybridized carbons (Fsp3) is 0.818. The van der Waals surface area contributed by atoms with Crippen LogP contribution in [0.25, 0.3) is 0 Å². The third-order valence-corrected chi connectivity index (χ3v) is 3.50. The highest BCUT2D eigenvalue weighted by Gasteiger charge is 2.24. The number of nitrogens with zero attached hydrogens (tertiary/aromatic N) is 3. The van der Waals surface area contributed by atoms with E-state index in [1.165, 1.54) is 25.7 Å². The molecule has 0 bridgehead atoms. The molecule has 2 rings (SSSR count). The van der Waals surface area contributed by atoms with Gasteiger partial charge in [-0.15, -0.1) is 5.10 Å². The number of aromatic nitrogens is 3. The van der Waals surface area contributed by atoms with Gasteiger partial charge in [-0.05, 0) is 37.5 Å². The largest absolute Gasteiger partial charge is 0.250 e. The van der Waals surface area contributed by atoms with Crippen LogP contribution in [0.15, 0.2) is 12.4 Å². The number of rotatable bonds is 2. The lowest BCUT2D eigenvalue weighted by atomic mass is 9.80. The van der Waals surface area contributed by atoms with Gasteiger partial charge in [-0.3, -0.25) is 0 Å². The molecule has 0 spiro atoms. The molecule has 0 radical (unpaired) electrons.